The first-order chi connectivity index (χ1) is 57.8. The van der Waals surface area contributed by atoms with E-state index in [0.717, 1.165) is 13.1 Å². The summed E-state index contributed by atoms with van der Waals surface area (Å²) in [5.74, 6) is 0.865. The van der Waals surface area contributed by atoms with E-state index in [-0.39, 0.29) is 69.9 Å². The Morgan fingerprint density at radius 3 is 1.13 bits per heavy atom. The molecule has 0 radical (unpaired) electrons. The molecule has 0 bridgehead atoms. The van der Waals surface area contributed by atoms with Gasteiger partial charge in [0.25, 0.3) is 0 Å². The van der Waals surface area contributed by atoms with E-state index in [1.54, 1.807) is 148 Å². The highest BCUT2D eigenvalue weighted by Gasteiger charge is 2.39. The predicted molar refractivity (Wildman–Crippen MR) is 462 cm³/mol. The van der Waals surface area contributed by atoms with Crippen molar-refractivity contribution in [1.29, 1.82) is 0 Å². The third-order valence-electron chi connectivity index (χ3n) is 22.1. The number of nitrogens with two attached hydrogens (primary N) is 4. The fourth-order valence-electron chi connectivity index (χ4n) is 15.9. The van der Waals surface area contributed by atoms with Crippen molar-refractivity contribution in [3.63, 3.8) is 0 Å². The zero-order chi connectivity index (χ0) is 82.7. The first-order valence-electron chi connectivity index (χ1n) is 39.1. The number of pyridine rings is 1. The van der Waals surface area contributed by atoms with Gasteiger partial charge in [-0.1, -0.05) is 96.0 Å². The second kappa shape index (κ2) is 34.9. The Balaban J connectivity index is 0.000000120. The van der Waals surface area contributed by atoms with Gasteiger partial charge in [-0.25, -0.2) is 68.2 Å². The van der Waals surface area contributed by atoms with Crippen LogP contribution in [0.3, 0.4) is 0 Å². The molecule has 5 aromatic carbocycles. The molecule has 11 heterocycles. The minimum atomic E-state index is -0.312. The van der Waals surface area contributed by atoms with Gasteiger partial charge in [0.2, 0.25) is 11.8 Å². The zero-order valence-electron chi connectivity index (χ0n) is 64.6. The van der Waals surface area contributed by atoms with Crippen molar-refractivity contribution >= 4 is 126 Å². The normalized spacial score (nSPS) is 16.3. The summed E-state index contributed by atoms with van der Waals surface area (Å²) in [7, 11) is 2.13. The number of para-hydroxylation sites is 1. The molecule has 608 valence electrons. The molecule has 9 aromatic heterocycles. The van der Waals surface area contributed by atoms with Gasteiger partial charge in [0.15, 0.2) is 45.9 Å². The lowest BCUT2D eigenvalue weighted by atomic mass is 9.94. The fraction of sp³-hybridized carbons (Fsp3) is 0.274. The van der Waals surface area contributed by atoms with Crippen molar-refractivity contribution in [2.45, 2.75) is 101 Å². The van der Waals surface area contributed by atoms with E-state index in [1.807, 2.05) is 47.4 Å². The first kappa shape index (κ1) is 80.2. The number of nitrogen functional groups attached to an aromatic ring is 4. The molecular weight excluding hydrogens is 1600 g/mol. The monoisotopic (exact) mass is 1680 g/mol. The van der Waals surface area contributed by atoms with Crippen molar-refractivity contribution in [1.82, 2.24) is 101 Å². The summed E-state index contributed by atoms with van der Waals surface area (Å²) in [5.41, 5.74) is 30.8. The number of hydrogen-bond acceptors (Lipinski definition) is 21. The van der Waals surface area contributed by atoms with Crippen molar-refractivity contribution in [2.75, 3.05) is 69.3 Å². The van der Waals surface area contributed by atoms with Crippen LogP contribution in [-0.4, -0.2) is 177 Å². The number of rotatable bonds is 17. The van der Waals surface area contributed by atoms with Gasteiger partial charge in [-0.15, -0.1) is 0 Å². The number of benzene rings is 5. The molecule has 0 spiro atoms. The van der Waals surface area contributed by atoms with E-state index in [0.29, 0.717) is 156 Å². The lowest BCUT2D eigenvalue weighted by molar-refractivity contribution is -0.125. The van der Waals surface area contributed by atoms with Gasteiger partial charge >= 0.3 is 22.8 Å². The average Bonchev–Trinajstić information content (AvgIpc) is 1.60. The number of carbonyl (C=O) groups is 2. The molecular formula is C84H83Cl4N25O6. The Bertz CT molecular complexity index is 6200. The lowest BCUT2D eigenvalue weighted by Gasteiger charge is -2.30. The van der Waals surface area contributed by atoms with E-state index >= 15 is 0 Å². The van der Waals surface area contributed by atoms with Crippen LogP contribution in [0.4, 0.5) is 23.3 Å². The van der Waals surface area contributed by atoms with Gasteiger partial charge in [0.1, 0.15) is 47.4 Å². The molecule has 2 aliphatic heterocycles. The Labute approximate surface area is 700 Å². The SMILES string of the molecule is CN(C/C=C/C(=O)N1CCC(n2c(=O)n(-c3ccc(Cl)cc3)c3c(N)ncnc32)C1)C1CCCCC1.Nc1ncnc2c1n(-c1ccc(Cl)cc1)c(=O)n2-c1ccccc1.Nc1ncnc2c1n(-c1ccc(Cl)cc1)c(=O)n2-c1cccnc1.Nc1ncnc2c1n(-c1ccc(Cl)cc1)c(=O)n2C1CCN(C(=O)/C=C/CN(C2CC2)C2CC2)C1. The largest absolute Gasteiger partial charge is 0.382 e. The first-order valence-corrected chi connectivity index (χ1v) is 40.6. The quantitative estimate of drug-likeness (QED) is 0.0615. The Morgan fingerprint density at radius 2 is 0.748 bits per heavy atom. The molecule has 5 aliphatic rings. The van der Waals surface area contributed by atoms with Crippen LogP contribution in [-0.2, 0) is 9.59 Å². The van der Waals surface area contributed by atoms with Gasteiger partial charge < -0.3 is 32.7 Å². The molecule has 2 amide bonds. The number of imidazole rings is 4. The van der Waals surface area contributed by atoms with Gasteiger partial charge in [0.05, 0.1) is 52.4 Å². The van der Waals surface area contributed by atoms with Crippen molar-refractivity contribution in [2.24, 2.45) is 0 Å². The third-order valence-corrected chi connectivity index (χ3v) is 23.1. The second-order valence-electron chi connectivity index (χ2n) is 29.7. The van der Waals surface area contributed by atoms with Crippen LogP contribution in [0, 0.1) is 0 Å². The summed E-state index contributed by atoms with van der Waals surface area (Å²) in [6.07, 6.45) is 28.8. The van der Waals surface area contributed by atoms with E-state index in [1.165, 1.54) is 110 Å². The number of likely N-dealkylation sites (N-methyl/N-ethyl adjacent to an activating group) is 1. The topological polar surface area (TPSA) is 375 Å². The van der Waals surface area contributed by atoms with Gasteiger partial charge in [-0.05, 0) is 180 Å². The van der Waals surface area contributed by atoms with Crippen LogP contribution in [0.15, 0.2) is 221 Å². The number of fused-ring (bicyclic) bond motifs is 4. The molecule has 19 rings (SSSR count). The number of hydrogen-bond donors (Lipinski definition) is 4. The molecule has 119 heavy (non-hydrogen) atoms. The second-order valence-corrected chi connectivity index (χ2v) is 31.5. The molecule has 2 saturated heterocycles. The number of amides is 2. The number of aromatic nitrogens is 17. The minimum absolute atomic E-state index is 0.0114. The molecule has 2 atom stereocenters. The van der Waals surface area contributed by atoms with Crippen molar-refractivity contribution in [3.8, 4) is 34.1 Å². The predicted octanol–water partition coefficient (Wildman–Crippen LogP) is 11.2. The summed E-state index contributed by atoms with van der Waals surface area (Å²) in [4.78, 5) is 125. The Morgan fingerprint density at radius 1 is 0.395 bits per heavy atom. The maximum absolute atomic E-state index is 13.6. The van der Waals surface area contributed by atoms with Crippen LogP contribution >= 0.6 is 46.4 Å². The Hall–Kier alpha value is -12.7. The highest BCUT2D eigenvalue weighted by atomic mass is 35.5. The lowest BCUT2D eigenvalue weighted by Crippen LogP contribution is -2.34. The highest BCUT2D eigenvalue weighted by Crippen LogP contribution is 2.38. The number of halogens is 4. The number of anilines is 4. The van der Waals surface area contributed by atoms with E-state index < -0.39 is 0 Å². The molecule has 35 heteroatoms. The van der Waals surface area contributed by atoms with E-state index in [9.17, 15) is 28.8 Å². The minimum Gasteiger partial charge on any atom is -0.382 e. The number of likely N-dealkylation sites (tertiary alicyclic amines) is 2. The molecule has 5 fully saturated rings. The Kier molecular flexibility index (Phi) is 23.5. The summed E-state index contributed by atoms with van der Waals surface area (Å²) >= 11 is 24.0. The third kappa shape index (κ3) is 16.7. The van der Waals surface area contributed by atoms with Crippen LogP contribution in [0.2, 0.25) is 20.1 Å². The van der Waals surface area contributed by atoms with Crippen LogP contribution < -0.4 is 45.7 Å². The molecule has 8 N–H and O–H groups in total. The number of nitrogens with zero attached hydrogens (tertiary/aromatic N) is 21. The van der Waals surface area contributed by atoms with Crippen molar-refractivity contribution in [3.05, 3.63) is 264 Å². The highest BCUT2D eigenvalue weighted by molar-refractivity contribution is 6.31. The summed E-state index contributed by atoms with van der Waals surface area (Å²) in [6, 6.07) is 42.2. The van der Waals surface area contributed by atoms with Gasteiger partial charge in [-0.3, -0.25) is 51.8 Å². The zero-order valence-corrected chi connectivity index (χ0v) is 67.6. The average molecular weight is 1680 g/mol. The van der Waals surface area contributed by atoms with Gasteiger partial charge in [-0.2, -0.15) is 0 Å². The molecule has 3 saturated carbocycles. The van der Waals surface area contributed by atoms with E-state index in [4.69, 9.17) is 69.3 Å². The summed E-state index contributed by atoms with van der Waals surface area (Å²) < 4.78 is 12.3. The molecule has 3 aliphatic carbocycles. The van der Waals surface area contributed by atoms with Gasteiger partial charge in [0, 0.05) is 95.8 Å². The molecule has 2 unspecified atom stereocenters. The maximum Gasteiger partial charge on any atom is 0.339 e. The van der Waals surface area contributed by atoms with Crippen LogP contribution in [0.25, 0.3) is 78.8 Å². The molecule has 31 nitrogen and oxygen atoms in total. The van der Waals surface area contributed by atoms with Crippen molar-refractivity contribution < 1.29 is 9.59 Å². The van der Waals surface area contributed by atoms with Crippen LogP contribution in [0.1, 0.15) is 82.7 Å². The number of carbonyl (C=O) groups excluding carboxylic acids is 2. The van der Waals surface area contributed by atoms with E-state index in [2.05, 4.69) is 61.7 Å². The molecule has 14 aromatic rings. The van der Waals surface area contributed by atoms with Crippen LogP contribution in [0.5, 0.6) is 0 Å². The summed E-state index contributed by atoms with van der Waals surface area (Å²) in [6.45, 7) is 3.64. The summed E-state index contributed by atoms with van der Waals surface area (Å²) in [5, 5.41) is 2.31. The fourth-order valence-corrected chi connectivity index (χ4v) is 16.4. The smallest absolute Gasteiger partial charge is 0.339 e. The maximum atomic E-state index is 13.6. The standard InChI is InChI=1S/C26H32ClN7O2.C25H28ClN7O2.C17H12ClN5O.C16H11ClN6O/c1-31(19-6-3-2-4-7-19)14-5-8-22(35)32-15-13-21(16-32)34-25-23(24(28)29-17-30-25)33(26(34)36)20-11-9-18(27)10-12-20;26-16-3-5-19(6-4-16)32-22-23(27)28-15-29-24(22)33(25(32)35)20-11-13-30(14-20)21(34)2-1-12-31(17-7-8-17)18-9-10-18;18-11-6-8-13(9-7-11)22-14-15(19)20-10-21-16(14)23(17(22)24)12-4-2-1-3-5-12;17-10-3-5-11(6-4-10)22-13-14(18)20-9-21-15(13)23(16(22)24)12-2-1-7-19-8-12/h5,8-12,17,19,21H,2-4,6-7,13-16H2,1H3,(H2,28,29,30);1-6,15,17-18,20H,7-14H2,(H2,27,28,29);1-10H,(H2,19,20,21);1-9H,(H2,18,20,21)/b8-5+;2-1+;;.